The number of carbonyl (C=O) groups excluding carboxylic acids is 1. The van der Waals surface area contributed by atoms with Gasteiger partial charge in [-0.2, -0.15) is 0 Å². The standard InChI is InChI=1S/C8H12O2/c1-6-3-7(9)5-8(4-6)10-2/h5-6H,3-4H2,1-2H3. The molecule has 10 heavy (non-hydrogen) atoms. The van der Waals surface area contributed by atoms with Crippen LogP contribution >= 0.6 is 0 Å². The second kappa shape index (κ2) is 2.86. The van der Waals surface area contributed by atoms with Crippen molar-refractivity contribution in [1.82, 2.24) is 0 Å². The number of methoxy groups -OCH3 is 1. The van der Waals surface area contributed by atoms with Crippen LogP contribution in [0.25, 0.3) is 0 Å². The van der Waals surface area contributed by atoms with E-state index < -0.39 is 0 Å². The van der Waals surface area contributed by atoms with Crippen LogP contribution in [0.3, 0.4) is 0 Å². The number of allylic oxidation sites excluding steroid dienone is 2. The van der Waals surface area contributed by atoms with E-state index in [0.29, 0.717) is 12.3 Å². The van der Waals surface area contributed by atoms with Gasteiger partial charge in [0.25, 0.3) is 0 Å². The molecule has 1 rings (SSSR count). The topological polar surface area (TPSA) is 26.3 Å². The largest absolute Gasteiger partial charge is 0.501 e. The molecule has 0 fully saturated rings. The average molecular weight is 140 g/mol. The molecule has 1 aliphatic carbocycles. The molecular weight excluding hydrogens is 128 g/mol. The highest BCUT2D eigenvalue weighted by molar-refractivity contribution is 5.91. The number of rotatable bonds is 1. The van der Waals surface area contributed by atoms with E-state index in [1.165, 1.54) is 0 Å². The molecule has 56 valence electrons. The molecule has 0 radical (unpaired) electrons. The summed E-state index contributed by atoms with van der Waals surface area (Å²) in [5.74, 6) is 1.46. The van der Waals surface area contributed by atoms with Gasteiger partial charge >= 0.3 is 0 Å². The second-order valence-electron chi connectivity index (χ2n) is 2.79. The SMILES string of the molecule is COC1=CC(=O)CC(C)C1. The minimum Gasteiger partial charge on any atom is -0.501 e. The zero-order valence-electron chi connectivity index (χ0n) is 6.39. The summed E-state index contributed by atoms with van der Waals surface area (Å²) in [7, 11) is 1.61. The molecule has 2 nitrogen and oxygen atoms in total. The fraction of sp³-hybridized carbons (Fsp3) is 0.625. The van der Waals surface area contributed by atoms with Gasteiger partial charge in [-0.25, -0.2) is 0 Å². The minimum atomic E-state index is 0.190. The normalized spacial score (nSPS) is 26.0. The molecule has 0 aromatic heterocycles. The summed E-state index contributed by atoms with van der Waals surface area (Å²) in [6, 6.07) is 0. The zero-order chi connectivity index (χ0) is 7.56. The third kappa shape index (κ3) is 1.59. The Hall–Kier alpha value is -0.790. The Balaban J connectivity index is 2.65. The van der Waals surface area contributed by atoms with Crippen molar-refractivity contribution in [1.29, 1.82) is 0 Å². The highest BCUT2D eigenvalue weighted by Gasteiger charge is 2.16. The Morgan fingerprint density at radius 2 is 2.30 bits per heavy atom. The summed E-state index contributed by atoms with van der Waals surface area (Å²) < 4.78 is 4.97. The first-order valence-electron chi connectivity index (χ1n) is 3.49. The number of hydrogen-bond donors (Lipinski definition) is 0. The molecule has 0 heterocycles. The molecule has 0 saturated heterocycles. The van der Waals surface area contributed by atoms with Gasteiger partial charge in [0, 0.05) is 18.9 Å². The molecule has 0 aromatic carbocycles. The van der Waals surface area contributed by atoms with Crippen LogP contribution in [0.2, 0.25) is 0 Å². The van der Waals surface area contributed by atoms with Crippen molar-refractivity contribution in [2.24, 2.45) is 5.92 Å². The van der Waals surface area contributed by atoms with E-state index in [4.69, 9.17) is 4.74 Å². The third-order valence-electron chi connectivity index (χ3n) is 1.68. The summed E-state index contributed by atoms with van der Waals surface area (Å²) in [6.07, 6.45) is 3.18. The van der Waals surface area contributed by atoms with Crippen molar-refractivity contribution in [2.45, 2.75) is 19.8 Å². The van der Waals surface area contributed by atoms with Gasteiger partial charge in [-0.3, -0.25) is 4.79 Å². The molecule has 1 aliphatic rings. The van der Waals surface area contributed by atoms with Crippen molar-refractivity contribution in [3.05, 3.63) is 11.8 Å². The lowest BCUT2D eigenvalue weighted by Gasteiger charge is -2.16. The van der Waals surface area contributed by atoms with Crippen molar-refractivity contribution < 1.29 is 9.53 Å². The van der Waals surface area contributed by atoms with Gasteiger partial charge in [0.2, 0.25) is 0 Å². The fourth-order valence-corrected chi connectivity index (χ4v) is 1.20. The van der Waals surface area contributed by atoms with E-state index in [1.54, 1.807) is 13.2 Å². The quantitative estimate of drug-likeness (QED) is 0.552. The van der Waals surface area contributed by atoms with Gasteiger partial charge in [-0.05, 0) is 5.92 Å². The van der Waals surface area contributed by atoms with Crippen LogP contribution in [0.5, 0.6) is 0 Å². The highest BCUT2D eigenvalue weighted by Crippen LogP contribution is 2.21. The Morgan fingerprint density at radius 3 is 2.80 bits per heavy atom. The van der Waals surface area contributed by atoms with Crippen LogP contribution < -0.4 is 0 Å². The molecule has 0 spiro atoms. The van der Waals surface area contributed by atoms with Crippen LogP contribution in [0.4, 0.5) is 0 Å². The van der Waals surface area contributed by atoms with Crippen LogP contribution in [-0.4, -0.2) is 12.9 Å². The van der Waals surface area contributed by atoms with Crippen molar-refractivity contribution in [3.63, 3.8) is 0 Å². The molecule has 0 bridgehead atoms. The molecule has 0 aliphatic heterocycles. The minimum absolute atomic E-state index is 0.190. The van der Waals surface area contributed by atoms with E-state index in [2.05, 4.69) is 6.92 Å². The summed E-state index contributed by atoms with van der Waals surface area (Å²) >= 11 is 0. The molecule has 0 amide bonds. The second-order valence-corrected chi connectivity index (χ2v) is 2.79. The van der Waals surface area contributed by atoms with Crippen LogP contribution in [0.15, 0.2) is 11.8 Å². The monoisotopic (exact) mass is 140 g/mol. The molecule has 0 saturated carbocycles. The number of ether oxygens (including phenoxy) is 1. The lowest BCUT2D eigenvalue weighted by atomic mass is 9.94. The van der Waals surface area contributed by atoms with E-state index in [0.717, 1.165) is 12.2 Å². The molecule has 0 N–H and O–H groups in total. The fourth-order valence-electron chi connectivity index (χ4n) is 1.20. The number of ketones is 1. The Morgan fingerprint density at radius 1 is 1.60 bits per heavy atom. The predicted molar refractivity (Wildman–Crippen MR) is 38.5 cm³/mol. The Kier molecular flexibility index (Phi) is 2.10. The third-order valence-corrected chi connectivity index (χ3v) is 1.68. The average Bonchev–Trinajstić information content (AvgIpc) is 1.85. The van der Waals surface area contributed by atoms with Crippen LogP contribution in [0.1, 0.15) is 19.8 Å². The first-order valence-corrected chi connectivity index (χ1v) is 3.49. The first kappa shape index (κ1) is 7.32. The van der Waals surface area contributed by atoms with E-state index in [-0.39, 0.29) is 5.78 Å². The van der Waals surface area contributed by atoms with Crippen molar-refractivity contribution >= 4 is 5.78 Å². The lowest BCUT2D eigenvalue weighted by Crippen LogP contribution is -2.11. The molecule has 2 heteroatoms. The molecule has 1 unspecified atom stereocenters. The first-order chi connectivity index (χ1) is 4.72. The molecule has 1 atom stereocenters. The number of hydrogen-bond acceptors (Lipinski definition) is 2. The van der Waals surface area contributed by atoms with Gasteiger partial charge in [0.15, 0.2) is 5.78 Å². The van der Waals surface area contributed by atoms with Crippen LogP contribution in [0, 0.1) is 5.92 Å². The van der Waals surface area contributed by atoms with E-state index >= 15 is 0 Å². The van der Waals surface area contributed by atoms with Gasteiger partial charge in [-0.15, -0.1) is 0 Å². The summed E-state index contributed by atoms with van der Waals surface area (Å²) in [6.45, 7) is 2.06. The summed E-state index contributed by atoms with van der Waals surface area (Å²) in [5.41, 5.74) is 0. The highest BCUT2D eigenvalue weighted by atomic mass is 16.5. The summed E-state index contributed by atoms with van der Waals surface area (Å²) in [4.78, 5) is 10.9. The van der Waals surface area contributed by atoms with Crippen molar-refractivity contribution in [3.8, 4) is 0 Å². The van der Waals surface area contributed by atoms with E-state index in [9.17, 15) is 4.79 Å². The van der Waals surface area contributed by atoms with Gasteiger partial charge < -0.3 is 4.74 Å². The Bertz CT molecular complexity index is 170. The van der Waals surface area contributed by atoms with E-state index in [1.807, 2.05) is 0 Å². The predicted octanol–water partition coefficient (Wildman–Crippen LogP) is 1.52. The molecular formula is C8H12O2. The summed E-state index contributed by atoms with van der Waals surface area (Å²) in [5, 5.41) is 0. The maximum Gasteiger partial charge on any atom is 0.159 e. The maximum absolute atomic E-state index is 10.9. The van der Waals surface area contributed by atoms with Crippen LogP contribution in [-0.2, 0) is 9.53 Å². The lowest BCUT2D eigenvalue weighted by molar-refractivity contribution is -0.116. The smallest absolute Gasteiger partial charge is 0.159 e. The maximum atomic E-state index is 10.9. The number of carbonyl (C=O) groups is 1. The van der Waals surface area contributed by atoms with Crippen molar-refractivity contribution in [2.75, 3.05) is 7.11 Å². The van der Waals surface area contributed by atoms with Gasteiger partial charge in [0.05, 0.1) is 12.9 Å². The zero-order valence-corrected chi connectivity index (χ0v) is 6.39. The Labute approximate surface area is 60.9 Å². The van der Waals surface area contributed by atoms with Gasteiger partial charge in [0.1, 0.15) is 0 Å². The van der Waals surface area contributed by atoms with Gasteiger partial charge in [-0.1, -0.05) is 6.92 Å². The molecule has 0 aromatic rings.